The molecule has 2 aromatic rings. The molecule has 108 valence electrons. The number of halogens is 4. The Bertz CT molecular complexity index is 593. The van der Waals surface area contributed by atoms with Crippen LogP contribution in [0.1, 0.15) is 18.5 Å². The van der Waals surface area contributed by atoms with Gasteiger partial charge in [-0.1, -0.05) is 6.07 Å². The quantitative estimate of drug-likeness (QED) is 0.822. The third kappa shape index (κ3) is 3.82. The molecule has 0 fully saturated rings. The van der Waals surface area contributed by atoms with Crippen LogP contribution in [0.25, 0.3) is 11.4 Å². The predicted molar refractivity (Wildman–Crippen MR) is 73.2 cm³/mol. The largest absolute Gasteiger partial charge is 0.389 e. The van der Waals surface area contributed by atoms with E-state index in [4.69, 9.17) is 0 Å². The molecule has 0 saturated carbocycles. The molecule has 0 atom stereocenters. The molecule has 0 N–H and O–H groups in total. The lowest BCUT2D eigenvalue weighted by atomic mass is 10.2. The summed E-state index contributed by atoms with van der Waals surface area (Å²) in [6, 6.07) is 5.56. The van der Waals surface area contributed by atoms with Crippen LogP contribution in [-0.2, 0) is 6.54 Å². The highest BCUT2D eigenvalue weighted by Gasteiger charge is 2.26. The summed E-state index contributed by atoms with van der Waals surface area (Å²) in [5.41, 5.74) is 2.20. The van der Waals surface area contributed by atoms with Crippen molar-refractivity contribution in [2.24, 2.45) is 0 Å². The van der Waals surface area contributed by atoms with Gasteiger partial charge in [0.25, 0.3) is 0 Å². The molecule has 2 aromatic heterocycles. The van der Waals surface area contributed by atoms with Crippen LogP contribution in [0.2, 0.25) is 0 Å². The van der Waals surface area contributed by atoms with Gasteiger partial charge in [0.15, 0.2) is 0 Å². The van der Waals surface area contributed by atoms with E-state index in [1.165, 1.54) is 6.33 Å². The number of pyridine rings is 1. The van der Waals surface area contributed by atoms with Crippen LogP contribution in [-0.4, -0.2) is 20.7 Å². The second-order valence-corrected chi connectivity index (χ2v) is 5.21. The Balaban J connectivity index is 2.11. The SMILES string of the molecule is Cc1cccc(-c2ncn(CCCC(F)(F)F)c2Br)n1. The lowest BCUT2D eigenvalue weighted by Crippen LogP contribution is -2.09. The molecular weight excluding hydrogens is 335 g/mol. The number of aromatic nitrogens is 3. The minimum absolute atomic E-state index is 0.0269. The highest BCUT2D eigenvalue weighted by molar-refractivity contribution is 9.10. The van der Waals surface area contributed by atoms with Gasteiger partial charge in [0.2, 0.25) is 0 Å². The van der Waals surface area contributed by atoms with E-state index in [-0.39, 0.29) is 13.0 Å². The van der Waals surface area contributed by atoms with E-state index < -0.39 is 12.6 Å². The number of nitrogens with zero attached hydrogens (tertiary/aromatic N) is 3. The smallest absolute Gasteiger partial charge is 0.325 e. The number of hydrogen-bond acceptors (Lipinski definition) is 2. The molecular formula is C13H13BrF3N3. The van der Waals surface area contributed by atoms with Gasteiger partial charge in [0, 0.05) is 18.7 Å². The first-order chi connectivity index (χ1) is 9.37. The number of aryl methyl sites for hydroxylation is 2. The second kappa shape index (κ2) is 5.95. The topological polar surface area (TPSA) is 30.7 Å². The van der Waals surface area contributed by atoms with Crippen LogP contribution >= 0.6 is 15.9 Å². The van der Waals surface area contributed by atoms with Gasteiger partial charge in [-0.15, -0.1) is 0 Å². The van der Waals surface area contributed by atoms with Crippen molar-refractivity contribution in [3.8, 4) is 11.4 Å². The molecule has 0 aliphatic carbocycles. The molecule has 2 rings (SSSR count). The maximum absolute atomic E-state index is 12.1. The van der Waals surface area contributed by atoms with Crippen LogP contribution in [0.5, 0.6) is 0 Å². The Kier molecular flexibility index (Phi) is 4.47. The van der Waals surface area contributed by atoms with Crippen molar-refractivity contribution < 1.29 is 13.2 Å². The van der Waals surface area contributed by atoms with Gasteiger partial charge in [0.05, 0.1) is 12.0 Å². The van der Waals surface area contributed by atoms with Crippen molar-refractivity contribution >= 4 is 15.9 Å². The summed E-state index contributed by atoms with van der Waals surface area (Å²) in [5, 5.41) is 0. The third-order valence-corrected chi connectivity index (χ3v) is 3.60. The monoisotopic (exact) mass is 347 g/mol. The van der Waals surface area contributed by atoms with Gasteiger partial charge in [-0.3, -0.25) is 4.98 Å². The third-order valence-electron chi connectivity index (χ3n) is 2.76. The lowest BCUT2D eigenvalue weighted by Gasteiger charge is -2.07. The van der Waals surface area contributed by atoms with Crippen LogP contribution < -0.4 is 0 Å². The summed E-state index contributed by atoms with van der Waals surface area (Å²) in [6.45, 7) is 2.14. The molecule has 0 saturated heterocycles. The zero-order valence-electron chi connectivity index (χ0n) is 10.8. The minimum Gasteiger partial charge on any atom is -0.325 e. The van der Waals surface area contributed by atoms with Crippen LogP contribution in [0.4, 0.5) is 13.2 Å². The fraction of sp³-hybridized carbons (Fsp3) is 0.385. The molecule has 0 aliphatic rings. The van der Waals surface area contributed by atoms with E-state index >= 15 is 0 Å². The Morgan fingerprint density at radius 3 is 2.70 bits per heavy atom. The van der Waals surface area contributed by atoms with Crippen molar-refractivity contribution in [1.29, 1.82) is 0 Å². The molecule has 0 radical (unpaired) electrons. The fourth-order valence-corrected chi connectivity index (χ4v) is 2.39. The summed E-state index contributed by atoms with van der Waals surface area (Å²) in [5.74, 6) is 0. The molecule has 0 aromatic carbocycles. The van der Waals surface area contributed by atoms with E-state index in [2.05, 4.69) is 25.9 Å². The molecule has 0 amide bonds. The summed E-state index contributed by atoms with van der Waals surface area (Å²) in [4.78, 5) is 8.57. The number of rotatable bonds is 4. The molecule has 0 unspecified atom stereocenters. The second-order valence-electron chi connectivity index (χ2n) is 4.46. The molecule has 0 aliphatic heterocycles. The fourth-order valence-electron chi connectivity index (χ4n) is 1.82. The Morgan fingerprint density at radius 2 is 2.05 bits per heavy atom. The lowest BCUT2D eigenvalue weighted by molar-refractivity contribution is -0.135. The van der Waals surface area contributed by atoms with Crippen LogP contribution in [0.15, 0.2) is 29.1 Å². The molecule has 20 heavy (non-hydrogen) atoms. The summed E-state index contributed by atoms with van der Waals surface area (Å²) in [7, 11) is 0. The highest BCUT2D eigenvalue weighted by Crippen LogP contribution is 2.27. The van der Waals surface area contributed by atoms with E-state index in [0.717, 1.165) is 5.69 Å². The number of imidazole rings is 1. The van der Waals surface area contributed by atoms with Gasteiger partial charge in [-0.2, -0.15) is 13.2 Å². The maximum atomic E-state index is 12.1. The average Bonchev–Trinajstić information content (AvgIpc) is 2.70. The van der Waals surface area contributed by atoms with Crippen LogP contribution in [0, 0.1) is 6.92 Å². The maximum Gasteiger partial charge on any atom is 0.389 e. The summed E-state index contributed by atoms with van der Waals surface area (Å²) < 4.78 is 38.7. The van der Waals surface area contributed by atoms with Gasteiger partial charge in [-0.25, -0.2) is 4.98 Å². The van der Waals surface area contributed by atoms with E-state index in [9.17, 15) is 13.2 Å². The summed E-state index contributed by atoms with van der Waals surface area (Å²) in [6.07, 6.45) is -3.36. The van der Waals surface area contributed by atoms with Crippen LogP contribution in [0.3, 0.4) is 0 Å². The van der Waals surface area contributed by atoms with Gasteiger partial charge in [0.1, 0.15) is 10.3 Å². The number of alkyl halides is 3. The van der Waals surface area contributed by atoms with Crippen molar-refractivity contribution in [1.82, 2.24) is 14.5 Å². The highest BCUT2D eigenvalue weighted by atomic mass is 79.9. The van der Waals surface area contributed by atoms with E-state index in [1.54, 1.807) is 4.57 Å². The first kappa shape index (κ1) is 15.0. The van der Waals surface area contributed by atoms with E-state index in [1.807, 2.05) is 25.1 Å². The van der Waals surface area contributed by atoms with Crippen molar-refractivity contribution in [2.45, 2.75) is 32.5 Å². The number of hydrogen-bond donors (Lipinski definition) is 0. The first-order valence-corrected chi connectivity index (χ1v) is 6.87. The summed E-state index contributed by atoms with van der Waals surface area (Å²) >= 11 is 3.37. The first-order valence-electron chi connectivity index (χ1n) is 6.08. The molecule has 0 bridgehead atoms. The average molecular weight is 348 g/mol. The standard InChI is InChI=1S/C13H13BrF3N3/c1-9-4-2-5-10(19-9)11-12(14)20(8-18-11)7-3-6-13(15,16)17/h2,4-5,8H,3,6-7H2,1H3. The van der Waals surface area contributed by atoms with Gasteiger partial charge in [-0.05, 0) is 41.4 Å². The van der Waals surface area contributed by atoms with Crippen molar-refractivity contribution in [3.63, 3.8) is 0 Å². The van der Waals surface area contributed by atoms with E-state index in [0.29, 0.717) is 16.0 Å². The van der Waals surface area contributed by atoms with Gasteiger partial charge >= 0.3 is 6.18 Å². The molecule has 3 nitrogen and oxygen atoms in total. The Morgan fingerprint density at radius 1 is 1.30 bits per heavy atom. The van der Waals surface area contributed by atoms with Crippen molar-refractivity contribution in [3.05, 3.63) is 34.8 Å². The zero-order chi connectivity index (χ0) is 14.8. The molecule has 2 heterocycles. The van der Waals surface area contributed by atoms with Crippen molar-refractivity contribution in [2.75, 3.05) is 0 Å². The predicted octanol–water partition coefficient (Wildman–Crippen LogP) is 4.36. The Hall–Kier alpha value is -1.37. The normalized spacial score (nSPS) is 11.8. The Labute approximate surface area is 123 Å². The minimum atomic E-state index is -4.12. The molecule has 7 heteroatoms. The zero-order valence-corrected chi connectivity index (χ0v) is 12.4. The van der Waals surface area contributed by atoms with Gasteiger partial charge < -0.3 is 4.57 Å². The molecule has 0 spiro atoms.